The SMILES string of the molecule is O=C(c1ccc(Cl)cc1)C(C(=O)c1ccc(Br)cc1)C1C(=O)c2ccccc2OC1c1ccccc1. The fraction of sp³-hybridized carbons (Fsp3) is 0.100. The molecule has 4 aromatic carbocycles. The second-order valence-electron chi connectivity index (χ2n) is 8.56. The zero-order chi connectivity index (χ0) is 25.2. The summed E-state index contributed by atoms with van der Waals surface area (Å²) in [6.45, 7) is 0. The molecule has 1 aliphatic heterocycles. The molecule has 0 saturated heterocycles. The van der Waals surface area contributed by atoms with Crippen molar-refractivity contribution in [3.8, 4) is 5.75 Å². The van der Waals surface area contributed by atoms with E-state index in [1.807, 2.05) is 30.3 Å². The van der Waals surface area contributed by atoms with Gasteiger partial charge in [0.2, 0.25) is 0 Å². The van der Waals surface area contributed by atoms with E-state index in [1.54, 1.807) is 72.8 Å². The molecular weight excluding hydrogens is 540 g/mol. The molecule has 4 aromatic rings. The molecule has 36 heavy (non-hydrogen) atoms. The van der Waals surface area contributed by atoms with Crippen LogP contribution in [0.3, 0.4) is 0 Å². The molecule has 0 fully saturated rings. The van der Waals surface area contributed by atoms with Gasteiger partial charge in [0.05, 0.1) is 17.4 Å². The van der Waals surface area contributed by atoms with Gasteiger partial charge in [-0.05, 0) is 54.1 Å². The Balaban J connectivity index is 1.69. The van der Waals surface area contributed by atoms with Crippen LogP contribution in [0.15, 0.2) is 108 Å². The Labute approximate surface area is 222 Å². The van der Waals surface area contributed by atoms with E-state index in [0.29, 0.717) is 33.0 Å². The predicted molar refractivity (Wildman–Crippen MR) is 142 cm³/mol. The van der Waals surface area contributed by atoms with Crippen LogP contribution in [-0.4, -0.2) is 17.3 Å². The van der Waals surface area contributed by atoms with Gasteiger partial charge >= 0.3 is 0 Å². The Morgan fingerprint density at radius 3 is 1.94 bits per heavy atom. The summed E-state index contributed by atoms with van der Waals surface area (Å²) in [5, 5.41) is 0.468. The van der Waals surface area contributed by atoms with Crippen LogP contribution in [0.1, 0.15) is 42.7 Å². The summed E-state index contributed by atoms with van der Waals surface area (Å²) in [5.74, 6) is -3.14. The lowest BCUT2D eigenvalue weighted by Gasteiger charge is -2.36. The lowest BCUT2D eigenvalue weighted by Crippen LogP contribution is -2.43. The summed E-state index contributed by atoms with van der Waals surface area (Å²) in [6.07, 6.45) is -0.825. The van der Waals surface area contributed by atoms with E-state index in [2.05, 4.69) is 15.9 Å². The molecule has 0 saturated carbocycles. The summed E-state index contributed by atoms with van der Waals surface area (Å²) < 4.78 is 7.14. The minimum Gasteiger partial charge on any atom is -0.484 e. The van der Waals surface area contributed by atoms with Crippen molar-refractivity contribution in [2.45, 2.75) is 6.10 Å². The van der Waals surface area contributed by atoms with E-state index < -0.39 is 29.5 Å². The van der Waals surface area contributed by atoms with E-state index in [1.165, 1.54) is 0 Å². The number of para-hydroxylation sites is 1. The van der Waals surface area contributed by atoms with E-state index in [9.17, 15) is 14.4 Å². The van der Waals surface area contributed by atoms with E-state index in [4.69, 9.17) is 16.3 Å². The molecule has 4 nitrogen and oxygen atoms in total. The maximum absolute atomic E-state index is 14.0. The third-order valence-electron chi connectivity index (χ3n) is 6.35. The zero-order valence-corrected chi connectivity index (χ0v) is 21.3. The van der Waals surface area contributed by atoms with Crippen LogP contribution in [0.5, 0.6) is 5.75 Å². The van der Waals surface area contributed by atoms with Gasteiger partial charge in [-0.25, -0.2) is 0 Å². The highest BCUT2D eigenvalue weighted by molar-refractivity contribution is 9.10. The Morgan fingerprint density at radius 1 is 0.750 bits per heavy atom. The molecule has 5 rings (SSSR count). The van der Waals surface area contributed by atoms with Crippen molar-refractivity contribution in [1.29, 1.82) is 0 Å². The van der Waals surface area contributed by atoms with Gasteiger partial charge in [-0.3, -0.25) is 14.4 Å². The molecule has 3 atom stereocenters. The Hall–Kier alpha value is -3.54. The normalized spacial score (nSPS) is 17.6. The van der Waals surface area contributed by atoms with Crippen LogP contribution in [0.4, 0.5) is 0 Å². The van der Waals surface area contributed by atoms with Crippen molar-refractivity contribution in [1.82, 2.24) is 0 Å². The first-order valence-corrected chi connectivity index (χ1v) is 12.6. The Morgan fingerprint density at radius 2 is 1.31 bits per heavy atom. The number of carbonyl (C=O) groups excluding carboxylic acids is 3. The average Bonchev–Trinajstić information content (AvgIpc) is 2.91. The van der Waals surface area contributed by atoms with Gasteiger partial charge < -0.3 is 4.74 Å². The first-order valence-electron chi connectivity index (χ1n) is 11.4. The number of ether oxygens (including phenoxy) is 1. The van der Waals surface area contributed by atoms with E-state index >= 15 is 0 Å². The first-order chi connectivity index (χ1) is 17.4. The molecule has 6 heteroatoms. The maximum atomic E-state index is 14.0. The standard InChI is InChI=1S/C30H20BrClO4/c31-21-14-10-18(11-15-21)27(33)25(28(34)19-12-16-22(32)17-13-19)26-29(35)23-8-4-5-9-24(23)36-30(26)20-6-2-1-3-7-20/h1-17,25-26,30H. The number of Topliss-reactive ketones (excluding diaryl/α,β-unsaturated/α-hetero) is 3. The molecule has 0 N–H and O–H groups in total. The topological polar surface area (TPSA) is 60.4 Å². The molecule has 0 amide bonds. The lowest BCUT2D eigenvalue weighted by molar-refractivity contribution is 0.0428. The van der Waals surface area contributed by atoms with E-state index in [-0.39, 0.29) is 5.78 Å². The van der Waals surface area contributed by atoms with Gasteiger partial charge in [0, 0.05) is 20.6 Å². The van der Waals surface area contributed by atoms with Crippen molar-refractivity contribution in [3.05, 3.63) is 135 Å². The largest absolute Gasteiger partial charge is 0.484 e. The predicted octanol–water partition coefficient (Wildman–Crippen LogP) is 7.42. The van der Waals surface area contributed by atoms with Crippen molar-refractivity contribution in [2.75, 3.05) is 0 Å². The first kappa shape index (κ1) is 24.2. The Bertz CT molecular complexity index is 1370. The number of benzene rings is 4. The lowest BCUT2D eigenvalue weighted by atomic mass is 9.71. The smallest absolute Gasteiger partial charge is 0.174 e. The third-order valence-corrected chi connectivity index (χ3v) is 7.13. The van der Waals surface area contributed by atoms with Crippen LogP contribution in [-0.2, 0) is 0 Å². The van der Waals surface area contributed by atoms with E-state index in [0.717, 1.165) is 4.47 Å². The van der Waals surface area contributed by atoms with Crippen LogP contribution in [0, 0.1) is 11.8 Å². The molecular formula is C30H20BrClO4. The highest BCUT2D eigenvalue weighted by atomic mass is 79.9. The van der Waals surface area contributed by atoms with Crippen LogP contribution < -0.4 is 4.74 Å². The van der Waals surface area contributed by atoms with Gasteiger partial charge in [0.25, 0.3) is 0 Å². The summed E-state index contributed by atoms with van der Waals surface area (Å²) in [6, 6.07) is 29.3. The summed E-state index contributed by atoms with van der Waals surface area (Å²) >= 11 is 9.43. The number of carbonyl (C=O) groups is 3. The number of hydrogen-bond acceptors (Lipinski definition) is 4. The highest BCUT2D eigenvalue weighted by Gasteiger charge is 2.48. The van der Waals surface area contributed by atoms with Gasteiger partial charge in [-0.1, -0.05) is 82.1 Å². The summed E-state index contributed by atoms with van der Waals surface area (Å²) in [5.41, 5.74) is 1.70. The quantitative estimate of drug-likeness (QED) is 0.182. The third kappa shape index (κ3) is 4.64. The van der Waals surface area contributed by atoms with Crippen molar-refractivity contribution < 1.29 is 19.1 Å². The molecule has 178 valence electrons. The van der Waals surface area contributed by atoms with Crippen LogP contribution >= 0.6 is 27.5 Å². The maximum Gasteiger partial charge on any atom is 0.174 e. The average molecular weight is 560 g/mol. The monoisotopic (exact) mass is 558 g/mol. The number of ketones is 3. The van der Waals surface area contributed by atoms with Crippen molar-refractivity contribution >= 4 is 44.9 Å². The van der Waals surface area contributed by atoms with Crippen LogP contribution in [0.2, 0.25) is 5.02 Å². The molecule has 0 aliphatic carbocycles. The van der Waals surface area contributed by atoms with Crippen molar-refractivity contribution in [3.63, 3.8) is 0 Å². The molecule has 0 bridgehead atoms. The zero-order valence-electron chi connectivity index (χ0n) is 18.9. The number of hydrogen-bond donors (Lipinski definition) is 0. The summed E-state index contributed by atoms with van der Waals surface area (Å²) in [4.78, 5) is 42.0. The van der Waals surface area contributed by atoms with Gasteiger partial charge in [-0.15, -0.1) is 0 Å². The molecule has 0 spiro atoms. The minimum absolute atomic E-state index is 0.299. The van der Waals surface area contributed by atoms with Gasteiger partial charge in [-0.2, -0.15) is 0 Å². The highest BCUT2D eigenvalue weighted by Crippen LogP contribution is 2.44. The second-order valence-corrected chi connectivity index (χ2v) is 9.91. The molecule has 3 unspecified atom stereocenters. The van der Waals surface area contributed by atoms with Crippen LogP contribution in [0.25, 0.3) is 0 Å². The number of fused-ring (bicyclic) bond motifs is 1. The number of halogens is 2. The molecule has 0 aromatic heterocycles. The molecule has 0 radical (unpaired) electrons. The summed E-state index contributed by atoms with van der Waals surface area (Å²) in [7, 11) is 0. The molecule has 1 heterocycles. The fourth-order valence-corrected chi connectivity index (χ4v) is 4.97. The van der Waals surface area contributed by atoms with Crippen molar-refractivity contribution in [2.24, 2.45) is 11.8 Å². The minimum atomic E-state index is -1.31. The van der Waals surface area contributed by atoms with Gasteiger partial charge in [0.15, 0.2) is 17.3 Å². The molecule has 1 aliphatic rings. The van der Waals surface area contributed by atoms with Gasteiger partial charge in [0.1, 0.15) is 11.9 Å². The second kappa shape index (κ2) is 10.2. The fourth-order valence-electron chi connectivity index (χ4n) is 4.58. The Kier molecular flexibility index (Phi) is 6.86. The number of rotatable bonds is 6.